The Balaban J connectivity index is 1.51. The van der Waals surface area contributed by atoms with Crippen molar-refractivity contribution in [2.45, 2.75) is 25.4 Å². The van der Waals surface area contributed by atoms with Gasteiger partial charge in [-0.1, -0.05) is 36.4 Å². The van der Waals surface area contributed by atoms with Crippen LogP contribution in [0.5, 0.6) is 0 Å². The molecule has 3 aromatic carbocycles. The van der Waals surface area contributed by atoms with Gasteiger partial charge in [-0.25, -0.2) is 8.78 Å². The van der Waals surface area contributed by atoms with E-state index in [0.717, 1.165) is 12.8 Å². The molecule has 0 amide bonds. The number of nitrogens with one attached hydrogen (secondary N) is 1. The second-order valence-electron chi connectivity index (χ2n) is 6.98. The molecule has 0 unspecified atom stereocenters. The molecule has 28 heavy (non-hydrogen) atoms. The van der Waals surface area contributed by atoms with E-state index in [1.807, 2.05) is 12.1 Å². The third kappa shape index (κ3) is 3.64. The number of rotatable bonds is 5. The lowest BCUT2D eigenvalue weighted by Gasteiger charge is -2.14. The van der Waals surface area contributed by atoms with Crippen LogP contribution >= 0.6 is 0 Å². The van der Waals surface area contributed by atoms with E-state index in [9.17, 15) is 18.9 Å². The van der Waals surface area contributed by atoms with Gasteiger partial charge in [-0.15, -0.1) is 0 Å². The summed E-state index contributed by atoms with van der Waals surface area (Å²) in [5.74, 6) is -1.32. The predicted octanol–water partition coefficient (Wildman–Crippen LogP) is 4.80. The van der Waals surface area contributed by atoms with Gasteiger partial charge in [0.05, 0.1) is 4.92 Å². The molecule has 0 saturated carbocycles. The van der Waals surface area contributed by atoms with E-state index in [4.69, 9.17) is 0 Å². The summed E-state index contributed by atoms with van der Waals surface area (Å²) >= 11 is 0. The minimum Gasteiger partial charge on any atom is -0.309 e. The lowest BCUT2D eigenvalue weighted by atomic mass is 10.0. The Morgan fingerprint density at radius 3 is 2.18 bits per heavy atom. The van der Waals surface area contributed by atoms with Crippen LogP contribution in [0.4, 0.5) is 14.5 Å². The summed E-state index contributed by atoms with van der Waals surface area (Å²) in [6.45, 7) is 0.0888. The minimum absolute atomic E-state index is 0.0230. The largest absolute Gasteiger partial charge is 0.309 e. The molecule has 0 bridgehead atoms. The first-order valence-electron chi connectivity index (χ1n) is 9.04. The zero-order valence-electron chi connectivity index (χ0n) is 15.0. The molecule has 1 aliphatic rings. The summed E-state index contributed by atoms with van der Waals surface area (Å²) in [6, 6.07) is 16.5. The van der Waals surface area contributed by atoms with Crippen molar-refractivity contribution in [3.63, 3.8) is 0 Å². The Hall–Kier alpha value is -3.12. The zero-order valence-corrected chi connectivity index (χ0v) is 15.0. The highest BCUT2D eigenvalue weighted by molar-refractivity contribution is 5.66. The fraction of sp³-hybridized carbons (Fsp3) is 0.182. The summed E-state index contributed by atoms with van der Waals surface area (Å²) in [5, 5.41) is 14.2. The number of non-ortho nitro benzene ring substituents is 1. The van der Waals surface area contributed by atoms with Gasteiger partial charge in [-0.3, -0.25) is 10.1 Å². The molecule has 0 saturated heterocycles. The molecule has 1 aliphatic carbocycles. The van der Waals surface area contributed by atoms with Crippen molar-refractivity contribution in [1.82, 2.24) is 5.32 Å². The first-order chi connectivity index (χ1) is 13.5. The molecular weight excluding hydrogens is 362 g/mol. The molecule has 0 atom stereocenters. The molecule has 0 radical (unpaired) electrons. The molecule has 4 nitrogen and oxygen atoms in total. The van der Waals surface area contributed by atoms with Gasteiger partial charge in [0.2, 0.25) is 0 Å². The summed E-state index contributed by atoms with van der Waals surface area (Å²) in [7, 11) is 0. The normalized spacial score (nSPS) is 13.5. The SMILES string of the molecule is O=[N+]([O-])c1cccc(-c2cc(F)c(CNC3Cc4ccccc4C3)c(F)c2)c1. The van der Waals surface area contributed by atoms with Gasteiger partial charge in [-0.05, 0) is 47.2 Å². The van der Waals surface area contributed by atoms with Crippen LogP contribution in [-0.4, -0.2) is 11.0 Å². The lowest BCUT2D eigenvalue weighted by molar-refractivity contribution is -0.384. The van der Waals surface area contributed by atoms with Crippen molar-refractivity contribution < 1.29 is 13.7 Å². The number of fused-ring (bicyclic) bond motifs is 1. The van der Waals surface area contributed by atoms with E-state index >= 15 is 0 Å². The molecule has 6 heteroatoms. The molecule has 0 fully saturated rings. The number of hydrogen-bond donors (Lipinski definition) is 1. The van der Waals surface area contributed by atoms with Gasteiger partial charge in [0.25, 0.3) is 5.69 Å². The summed E-state index contributed by atoms with van der Waals surface area (Å²) < 4.78 is 29.2. The van der Waals surface area contributed by atoms with Crippen LogP contribution in [0, 0.1) is 21.7 Å². The second kappa shape index (κ2) is 7.48. The average Bonchev–Trinajstić information content (AvgIpc) is 3.10. The van der Waals surface area contributed by atoms with Gasteiger partial charge in [-0.2, -0.15) is 0 Å². The van der Waals surface area contributed by atoms with Crippen molar-refractivity contribution >= 4 is 5.69 Å². The van der Waals surface area contributed by atoms with Gasteiger partial charge < -0.3 is 5.32 Å². The highest BCUT2D eigenvalue weighted by Gasteiger charge is 2.21. The van der Waals surface area contributed by atoms with E-state index in [0.29, 0.717) is 5.56 Å². The minimum atomic E-state index is -0.662. The smallest absolute Gasteiger partial charge is 0.270 e. The molecule has 4 rings (SSSR count). The van der Waals surface area contributed by atoms with E-state index in [-0.39, 0.29) is 29.4 Å². The molecule has 0 aromatic heterocycles. The quantitative estimate of drug-likeness (QED) is 0.511. The van der Waals surface area contributed by atoms with E-state index < -0.39 is 16.6 Å². The van der Waals surface area contributed by atoms with Crippen LogP contribution in [0.2, 0.25) is 0 Å². The van der Waals surface area contributed by atoms with Crippen LogP contribution < -0.4 is 5.32 Å². The van der Waals surface area contributed by atoms with Crippen molar-refractivity contribution in [2.24, 2.45) is 0 Å². The Labute approximate surface area is 161 Å². The van der Waals surface area contributed by atoms with Crippen LogP contribution in [0.25, 0.3) is 11.1 Å². The topological polar surface area (TPSA) is 55.2 Å². The predicted molar refractivity (Wildman–Crippen MR) is 103 cm³/mol. The van der Waals surface area contributed by atoms with Crippen molar-refractivity contribution in [1.29, 1.82) is 0 Å². The third-order valence-electron chi connectivity index (χ3n) is 5.15. The molecule has 0 heterocycles. The number of nitrogens with zero attached hydrogens (tertiary/aromatic N) is 1. The highest BCUT2D eigenvalue weighted by atomic mass is 19.1. The van der Waals surface area contributed by atoms with Crippen LogP contribution in [0.1, 0.15) is 16.7 Å². The van der Waals surface area contributed by atoms with E-state index in [2.05, 4.69) is 17.4 Å². The van der Waals surface area contributed by atoms with Crippen LogP contribution in [0.15, 0.2) is 60.7 Å². The molecule has 142 valence electrons. The lowest BCUT2D eigenvalue weighted by Crippen LogP contribution is -2.29. The second-order valence-corrected chi connectivity index (χ2v) is 6.98. The monoisotopic (exact) mass is 380 g/mol. The summed E-state index contributed by atoms with van der Waals surface area (Å²) in [5.41, 5.74) is 3.06. The maximum Gasteiger partial charge on any atom is 0.270 e. The first kappa shape index (κ1) is 18.3. The Bertz CT molecular complexity index is 1000. The van der Waals surface area contributed by atoms with Crippen molar-refractivity contribution in [3.8, 4) is 11.1 Å². The fourth-order valence-corrected chi connectivity index (χ4v) is 3.69. The van der Waals surface area contributed by atoms with Gasteiger partial charge in [0.15, 0.2) is 0 Å². The van der Waals surface area contributed by atoms with Gasteiger partial charge in [0, 0.05) is 30.3 Å². The Morgan fingerprint density at radius 2 is 1.57 bits per heavy atom. The van der Waals surface area contributed by atoms with Gasteiger partial charge >= 0.3 is 0 Å². The number of nitro benzene ring substituents is 1. The van der Waals surface area contributed by atoms with Crippen LogP contribution in [-0.2, 0) is 19.4 Å². The fourth-order valence-electron chi connectivity index (χ4n) is 3.69. The molecule has 0 spiro atoms. The van der Waals surface area contributed by atoms with Crippen LogP contribution in [0.3, 0.4) is 0 Å². The number of hydrogen-bond acceptors (Lipinski definition) is 3. The Morgan fingerprint density at radius 1 is 0.929 bits per heavy atom. The number of benzene rings is 3. The highest BCUT2D eigenvalue weighted by Crippen LogP contribution is 2.28. The van der Waals surface area contributed by atoms with Crippen molar-refractivity contribution in [2.75, 3.05) is 0 Å². The van der Waals surface area contributed by atoms with Crippen molar-refractivity contribution in [3.05, 3.63) is 99.1 Å². The van der Waals surface area contributed by atoms with Gasteiger partial charge in [0.1, 0.15) is 11.6 Å². The molecular formula is C22H18F2N2O2. The summed E-state index contributed by atoms with van der Waals surface area (Å²) in [4.78, 5) is 10.4. The molecule has 1 N–H and O–H groups in total. The summed E-state index contributed by atoms with van der Waals surface area (Å²) in [6.07, 6.45) is 1.68. The molecule has 0 aliphatic heterocycles. The molecule has 3 aromatic rings. The number of halogens is 2. The zero-order chi connectivity index (χ0) is 19.7. The Kier molecular flexibility index (Phi) is 4.88. The van der Waals surface area contributed by atoms with E-state index in [1.165, 1.54) is 41.5 Å². The maximum absolute atomic E-state index is 14.6. The first-order valence-corrected chi connectivity index (χ1v) is 9.04. The number of nitro groups is 1. The maximum atomic E-state index is 14.6. The average molecular weight is 380 g/mol. The third-order valence-corrected chi connectivity index (χ3v) is 5.15. The standard InChI is InChI=1S/C22H18F2N2O2/c23-21-11-17(16-6-3-7-19(10-16)26(27)28)12-22(24)20(21)13-25-18-8-14-4-1-2-5-15(14)9-18/h1-7,10-12,18,25H,8-9,13H2. The van der Waals surface area contributed by atoms with E-state index in [1.54, 1.807) is 6.07 Å².